The van der Waals surface area contributed by atoms with E-state index < -0.39 is 30.1 Å². The summed E-state index contributed by atoms with van der Waals surface area (Å²) in [6, 6.07) is 0. The number of carboxylic acids is 1. The molecule has 0 saturated carbocycles. The maximum atomic E-state index is 12.5. The molecule has 0 fully saturated rings. The van der Waals surface area contributed by atoms with Crippen LogP contribution in [0.15, 0.2) is 6.20 Å². The monoisotopic (exact) mass is 232 g/mol. The fourth-order valence-corrected chi connectivity index (χ4v) is 1.27. The van der Waals surface area contributed by atoms with Crippen LogP contribution >= 0.6 is 0 Å². The minimum Gasteiger partial charge on any atom is -0.506 e. The Balaban J connectivity index is 3.23. The highest BCUT2D eigenvalue weighted by molar-refractivity contribution is 5.70. The molecule has 1 heterocycles. The van der Waals surface area contributed by atoms with Gasteiger partial charge in [-0.3, -0.25) is 9.78 Å². The number of carboxylic acid groups (broad SMARTS) is 1. The van der Waals surface area contributed by atoms with Gasteiger partial charge in [0.25, 0.3) is 6.43 Å². The third kappa shape index (κ3) is 2.43. The number of carbonyl (C=O) groups is 1. The van der Waals surface area contributed by atoms with Crippen molar-refractivity contribution >= 4 is 5.97 Å². The summed E-state index contributed by atoms with van der Waals surface area (Å²) >= 11 is 0. The van der Waals surface area contributed by atoms with E-state index in [4.69, 9.17) is 10.8 Å². The summed E-state index contributed by atoms with van der Waals surface area (Å²) in [5.41, 5.74) is 4.41. The normalized spacial score (nSPS) is 10.8. The Bertz CT molecular complexity index is 410. The lowest BCUT2D eigenvalue weighted by Crippen LogP contribution is -2.09. The van der Waals surface area contributed by atoms with Crippen LogP contribution in [0.2, 0.25) is 0 Å². The summed E-state index contributed by atoms with van der Waals surface area (Å²) in [6.07, 6.45) is -2.51. The molecule has 0 radical (unpaired) electrons. The van der Waals surface area contributed by atoms with Crippen LogP contribution in [0.1, 0.15) is 23.2 Å². The third-order valence-corrected chi connectivity index (χ3v) is 2.03. The van der Waals surface area contributed by atoms with Crippen LogP contribution in [0, 0.1) is 0 Å². The van der Waals surface area contributed by atoms with Crippen molar-refractivity contribution in [2.75, 3.05) is 0 Å². The Kier molecular flexibility index (Phi) is 3.73. The molecule has 16 heavy (non-hydrogen) atoms. The lowest BCUT2D eigenvalue weighted by molar-refractivity contribution is -0.136. The Morgan fingerprint density at radius 1 is 1.56 bits per heavy atom. The minimum atomic E-state index is -2.81. The maximum absolute atomic E-state index is 12.5. The van der Waals surface area contributed by atoms with Crippen LogP contribution in [-0.2, 0) is 17.8 Å². The Morgan fingerprint density at radius 3 is 2.62 bits per heavy atom. The van der Waals surface area contributed by atoms with Crippen LogP contribution < -0.4 is 5.73 Å². The molecule has 4 N–H and O–H groups in total. The molecule has 1 aromatic rings. The van der Waals surface area contributed by atoms with Crippen molar-refractivity contribution in [1.82, 2.24) is 4.98 Å². The summed E-state index contributed by atoms with van der Waals surface area (Å²) in [5.74, 6) is -1.78. The summed E-state index contributed by atoms with van der Waals surface area (Å²) in [5, 5.41) is 18.0. The third-order valence-electron chi connectivity index (χ3n) is 2.03. The van der Waals surface area contributed by atoms with E-state index in [1.165, 1.54) is 0 Å². The number of aromatic hydroxyl groups is 1. The Morgan fingerprint density at radius 2 is 2.19 bits per heavy atom. The van der Waals surface area contributed by atoms with Crippen LogP contribution in [0.25, 0.3) is 0 Å². The van der Waals surface area contributed by atoms with Gasteiger partial charge in [-0.2, -0.15) is 0 Å². The number of hydrogen-bond acceptors (Lipinski definition) is 4. The Hall–Kier alpha value is -1.76. The number of aliphatic carboxylic acids is 1. The van der Waals surface area contributed by atoms with Crippen molar-refractivity contribution in [3.63, 3.8) is 0 Å². The largest absolute Gasteiger partial charge is 0.506 e. The molecule has 0 aliphatic carbocycles. The molecule has 1 rings (SSSR count). The minimum absolute atomic E-state index is 0.166. The molecular formula is C9H10F2N2O3. The topological polar surface area (TPSA) is 96.4 Å². The van der Waals surface area contributed by atoms with Gasteiger partial charge in [0.2, 0.25) is 0 Å². The average molecular weight is 232 g/mol. The molecule has 0 aliphatic heterocycles. The van der Waals surface area contributed by atoms with Crippen molar-refractivity contribution in [2.24, 2.45) is 5.73 Å². The Labute approximate surface area is 89.5 Å². The average Bonchev–Trinajstić information content (AvgIpc) is 2.19. The summed E-state index contributed by atoms with van der Waals surface area (Å²) in [7, 11) is 0. The highest BCUT2D eigenvalue weighted by Gasteiger charge is 2.20. The van der Waals surface area contributed by atoms with Gasteiger partial charge in [0, 0.05) is 23.9 Å². The number of hydrogen-bond donors (Lipinski definition) is 3. The van der Waals surface area contributed by atoms with E-state index in [1.54, 1.807) is 0 Å². The van der Waals surface area contributed by atoms with E-state index in [9.17, 15) is 18.7 Å². The first-order valence-electron chi connectivity index (χ1n) is 4.37. The van der Waals surface area contributed by atoms with Gasteiger partial charge < -0.3 is 15.9 Å². The highest BCUT2D eigenvalue weighted by Crippen LogP contribution is 2.30. The van der Waals surface area contributed by atoms with Gasteiger partial charge in [-0.25, -0.2) is 8.78 Å². The van der Waals surface area contributed by atoms with E-state index in [1.807, 2.05) is 0 Å². The van der Waals surface area contributed by atoms with E-state index in [0.29, 0.717) is 0 Å². The molecular weight excluding hydrogens is 222 g/mol. The van der Waals surface area contributed by atoms with Gasteiger partial charge in [0.05, 0.1) is 12.1 Å². The van der Waals surface area contributed by atoms with E-state index in [2.05, 4.69) is 4.98 Å². The van der Waals surface area contributed by atoms with Crippen LogP contribution in [-0.4, -0.2) is 21.2 Å². The number of nitrogens with zero attached hydrogens (tertiary/aromatic N) is 1. The number of halogens is 2. The van der Waals surface area contributed by atoms with Gasteiger partial charge >= 0.3 is 5.97 Å². The summed E-state index contributed by atoms with van der Waals surface area (Å²) in [6.45, 7) is -0.305. The van der Waals surface area contributed by atoms with Crippen molar-refractivity contribution in [3.05, 3.63) is 23.0 Å². The number of aromatic nitrogens is 1. The van der Waals surface area contributed by atoms with Crippen molar-refractivity contribution < 1.29 is 23.8 Å². The van der Waals surface area contributed by atoms with Crippen molar-refractivity contribution in [1.29, 1.82) is 0 Å². The first kappa shape index (κ1) is 12.3. The highest BCUT2D eigenvalue weighted by atomic mass is 19.3. The number of alkyl halides is 2. The van der Waals surface area contributed by atoms with Crippen molar-refractivity contribution in [2.45, 2.75) is 19.4 Å². The molecule has 7 heteroatoms. The van der Waals surface area contributed by atoms with Gasteiger partial charge in [0.15, 0.2) is 0 Å². The quantitative estimate of drug-likeness (QED) is 0.713. The molecule has 5 nitrogen and oxygen atoms in total. The molecule has 0 atom stereocenters. The fourth-order valence-electron chi connectivity index (χ4n) is 1.27. The SMILES string of the molecule is NCc1c(C(F)F)cnc(CC(=O)O)c1O. The lowest BCUT2D eigenvalue weighted by atomic mass is 10.1. The van der Waals surface area contributed by atoms with Crippen LogP contribution in [0.4, 0.5) is 8.78 Å². The molecule has 0 amide bonds. The number of nitrogens with two attached hydrogens (primary N) is 1. The molecule has 0 bridgehead atoms. The lowest BCUT2D eigenvalue weighted by Gasteiger charge is -2.11. The van der Waals surface area contributed by atoms with Gasteiger partial charge in [0.1, 0.15) is 5.75 Å². The van der Waals surface area contributed by atoms with Gasteiger partial charge in [-0.05, 0) is 0 Å². The molecule has 0 aliphatic rings. The number of pyridine rings is 1. The van der Waals surface area contributed by atoms with E-state index >= 15 is 0 Å². The zero-order valence-electron chi connectivity index (χ0n) is 8.15. The predicted octanol–water partition coefficient (Wildman–Crippen LogP) is 0.811. The first-order chi connectivity index (χ1) is 7.47. The van der Waals surface area contributed by atoms with E-state index in [-0.39, 0.29) is 17.8 Å². The predicted molar refractivity (Wildman–Crippen MR) is 50.1 cm³/mol. The first-order valence-corrected chi connectivity index (χ1v) is 4.37. The fraction of sp³-hybridized carbons (Fsp3) is 0.333. The van der Waals surface area contributed by atoms with Gasteiger partial charge in [-0.1, -0.05) is 0 Å². The van der Waals surface area contributed by atoms with Gasteiger partial charge in [-0.15, -0.1) is 0 Å². The van der Waals surface area contributed by atoms with Crippen LogP contribution in [0.3, 0.4) is 0 Å². The second kappa shape index (κ2) is 4.84. The summed E-state index contributed by atoms with van der Waals surface area (Å²) < 4.78 is 24.9. The zero-order chi connectivity index (χ0) is 12.3. The standard InChI is InChI=1S/C9H10F2N2O3/c10-9(11)5-3-13-6(1-7(14)15)8(16)4(5)2-12/h3,9,16H,1-2,12H2,(H,14,15). The molecule has 0 spiro atoms. The molecule has 1 aromatic heterocycles. The van der Waals surface area contributed by atoms with Crippen molar-refractivity contribution in [3.8, 4) is 5.75 Å². The second-order valence-electron chi connectivity index (χ2n) is 3.06. The van der Waals surface area contributed by atoms with E-state index in [0.717, 1.165) is 6.20 Å². The maximum Gasteiger partial charge on any atom is 0.309 e. The smallest absolute Gasteiger partial charge is 0.309 e. The summed E-state index contributed by atoms with van der Waals surface area (Å²) in [4.78, 5) is 13.9. The number of rotatable bonds is 4. The molecule has 0 unspecified atom stereocenters. The molecule has 0 aromatic carbocycles. The zero-order valence-corrected chi connectivity index (χ0v) is 8.15. The van der Waals surface area contributed by atoms with Crippen LogP contribution in [0.5, 0.6) is 5.75 Å². The molecule has 88 valence electrons. The second-order valence-corrected chi connectivity index (χ2v) is 3.06. The molecule has 0 saturated heterocycles.